The van der Waals surface area contributed by atoms with Gasteiger partial charge >= 0.3 is 5.97 Å². The molecule has 110 heavy (non-hydrogen) atoms. The number of aliphatic hydroxyl groups is 5. The number of carboxylic acid groups (broad SMARTS) is 1. The van der Waals surface area contributed by atoms with Crippen molar-refractivity contribution in [2.24, 2.45) is 17.4 Å². The maximum absolute atomic E-state index is 16.2. The van der Waals surface area contributed by atoms with Crippen LogP contribution in [0.15, 0.2) is 97.1 Å². The molecule has 11 bridgehead atoms. The number of benzene rings is 6. The van der Waals surface area contributed by atoms with Crippen molar-refractivity contribution < 1.29 is 118 Å². The Labute approximate surface area is 641 Å². The van der Waals surface area contributed by atoms with Crippen molar-refractivity contribution in [2.45, 2.75) is 163 Å². The smallest absolute Gasteiger partial charge is 0.330 e. The Hall–Kier alpha value is -9.89. The summed E-state index contributed by atoms with van der Waals surface area (Å²) in [6.45, 7) is 6.21. The molecule has 588 valence electrons. The van der Waals surface area contributed by atoms with E-state index in [-0.39, 0.29) is 70.1 Å². The van der Waals surface area contributed by atoms with Crippen molar-refractivity contribution >= 4 is 82.1 Å². The molecule has 13 rings (SSSR count). The number of halogens is 3. The molecule has 7 heterocycles. The van der Waals surface area contributed by atoms with Gasteiger partial charge in [0.05, 0.1) is 34.7 Å². The largest absolute Gasteiger partial charge is 0.508 e. The van der Waals surface area contributed by atoms with Gasteiger partial charge in [0.25, 0.3) is 0 Å². The average molecular weight is 1590 g/mol. The number of likely N-dealkylation sites (N-methyl/N-ethyl adjacent to an activating group) is 1. The Balaban J connectivity index is 1.16. The highest BCUT2D eigenvalue weighted by molar-refractivity contribution is 6.32. The summed E-state index contributed by atoms with van der Waals surface area (Å²) < 4.78 is 39.5. The Bertz CT molecular complexity index is 4580. The number of carboxylic acids is 1. The van der Waals surface area contributed by atoms with Gasteiger partial charge < -0.3 is 133 Å². The van der Waals surface area contributed by atoms with Gasteiger partial charge in [-0.25, -0.2) is 4.79 Å². The lowest BCUT2D eigenvalue weighted by molar-refractivity contribution is -0.330. The topological polar surface area (TPSA) is 543 Å². The molecule has 2 saturated heterocycles. The van der Waals surface area contributed by atoms with E-state index in [1.807, 2.05) is 13.8 Å². The van der Waals surface area contributed by atoms with Gasteiger partial charge in [-0.05, 0) is 128 Å². The second-order valence-corrected chi connectivity index (χ2v) is 29.2. The lowest BCUT2D eigenvalue weighted by Crippen LogP contribution is -2.65. The minimum atomic E-state index is -2.36. The van der Waals surface area contributed by atoms with Gasteiger partial charge in [-0.3, -0.25) is 33.6 Å². The highest BCUT2D eigenvalue weighted by Crippen LogP contribution is 2.50. The summed E-state index contributed by atoms with van der Waals surface area (Å²) in [7, 11) is 1.47. The van der Waals surface area contributed by atoms with Crippen LogP contribution in [-0.4, -0.2) is 191 Å². The molecule has 7 aliphatic rings. The fourth-order valence-electron chi connectivity index (χ4n) is 13.6. The zero-order valence-electron chi connectivity index (χ0n) is 59.1. The minimum Gasteiger partial charge on any atom is -0.508 e. The van der Waals surface area contributed by atoms with Gasteiger partial charge in [-0.15, -0.1) is 0 Å². The predicted octanol–water partition coefficient (Wildman–Crippen LogP) is 2.26. The highest BCUT2D eigenvalue weighted by atomic mass is 35.5. The predicted molar refractivity (Wildman–Crippen MR) is 387 cm³/mol. The zero-order valence-corrected chi connectivity index (χ0v) is 61.4. The molecule has 2 fully saturated rings. The average Bonchev–Trinajstić information content (AvgIpc) is 0.742. The van der Waals surface area contributed by atoms with Crippen LogP contribution in [0.1, 0.15) is 111 Å². The molecular weight excluding hydrogens is 1510 g/mol. The molecule has 0 aromatic heterocycles. The van der Waals surface area contributed by atoms with E-state index in [9.17, 15) is 75.0 Å². The third-order valence-corrected chi connectivity index (χ3v) is 20.1. The fraction of sp³-hybridized carbons (Fsp3) is 0.397. The number of nitrogens with one attached hydrogen (secondary N) is 8. The lowest BCUT2D eigenvalue weighted by Gasteiger charge is -2.47. The van der Waals surface area contributed by atoms with Crippen LogP contribution in [0.25, 0.3) is 11.1 Å². The van der Waals surface area contributed by atoms with Crippen LogP contribution in [0, 0.1) is 5.92 Å². The van der Waals surface area contributed by atoms with E-state index >= 15 is 14.4 Å². The van der Waals surface area contributed by atoms with Crippen LogP contribution in [0.3, 0.4) is 0 Å². The lowest BCUT2D eigenvalue weighted by atomic mass is 9.86. The van der Waals surface area contributed by atoms with E-state index in [1.54, 1.807) is 0 Å². The van der Waals surface area contributed by atoms with Gasteiger partial charge in [0.1, 0.15) is 95.2 Å². The molecular formula is C73H81Cl3N10O24. The van der Waals surface area contributed by atoms with Crippen molar-refractivity contribution in [2.75, 3.05) is 13.6 Å². The van der Waals surface area contributed by atoms with Crippen molar-refractivity contribution in [1.82, 2.24) is 42.5 Å². The molecule has 6 aromatic rings. The van der Waals surface area contributed by atoms with Crippen LogP contribution in [0.4, 0.5) is 0 Å². The molecule has 10 unspecified atom stereocenters. The number of primary amides is 1. The van der Waals surface area contributed by atoms with Crippen molar-refractivity contribution in [1.29, 1.82) is 0 Å². The van der Waals surface area contributed by atoms with Crippen LogP contribution in [-0.2, 0) is 59.1 Å². The molecule has 37 heteroatoms. The zero-order chi connectivity index (χ0) is 79.8. The second-order valence-electron chi connectivity index (χ2n) is 27.9. The van der Waals surface area contributed by atoms with E-state index in [0.29, 0.717) is 5.56 Å². The first-order chi connectivity index (χ1) is 52.0. The second kappa shape index (κ2) is 33.4. The molecule has 0 aliphatic carbocycles. The molecule has 34 nitrogen and oxygen atoms in total. The maximum Gasteiger partial charge on any atom is 0.330 e. The van der Waals surface area contributed by atoms with E-state index in [4.69, 9.17) is 74.7 Å². The Kier molecular flexibility index (Phi) is 24.6. The Morgan fingerprint density at radius 1 is 0.682 bits per heavy atom. The van der Waals surface area contributed by atoms with Crippen LogP contribution in [0.2, 0.25) is 15.1 Å². The Morgan fingerprint density at radius 2 is 1.30 bits per heavy atom. The number of aromatic hydroxyl groups is 4. The van der Waals surface area contributed by atoms with Gasteiger partial charge in [0.2, 0.25) is 53.4 Å². The van der Waals surface area contributed by atoms with Crippen LogP contribution < -0.4 is 68.2 Å². The molecule has 7 amide bonds. The number of hydrogen-bond donors (Lipinski definition) is 20. The van der Waals surface area contributed by atoms with E-state index in [1.165, 1.54) is 51.2 Å². The third kappa shape index (κ3) is 17.6. The number of carbonyl (C=O) groups is 8. The summed E-state index contributed by atoms with van der Waals surface area (Å²) in [5.41, 5.74) is 8.40. The quantitative estimate of drug-likeness (QED) is 0.0661. The number of hydrogen-bond acceptors (Lipinski definition) is 26. The number of amides is 7. The van der Waals surface area contributed by atoms with Crippen molar-refractivity contribution in [3.8, 4) is 62.9 Å². The normalized spacial score (nSPS) is 28.0. The third-order valence-electron chi connectivity index (χ3n) is 19.3. The summed E-state index contributed by atoms with van der Waals surface area (Å²) in [4.78, 5) is 118. The number of fused-ring (bicyclic) bond motifs is 15. The number of ether oxygens (including phenoxy) is 6. The van der Waals surface area contributed by atoms with Crippen molar-refractivity contribution in [3.05, 3.63) is 146 Å². The first-order valence-electron chi connectivity index (χ1n) is 34.5. The van der Waals surface area contributed by atoms with Crippen molar-refractivity contribution in [3.63, 3.8) is 0 Å². The Morgan fingerprint density at radius 3 is 1.92 bits per heavy atom. The fourth-order valence-corrected chi connectivity index (χ4v) is 14.2. The molecule has 0 radical (unpaired) electrons. The van der Waals surface area contributed by atoms with E-state index in [0.717, 1.165) is 66.7 Å². The number of nitrogens with two attached hydrogens (primary N) is 2. The number of rotatable bonds is 16. The molecule has 6 aromatic carbocycles. The minimum absolute atomic E-state index is 0.104. The molecule has 18 atom stereocenters. The molecule has 0 spiro atoms. The first-order valence-corrected chi connectivity index (χ1v) is 35.7. The van der Waals surface area contributed by atoms with E-state index in [2.05, 4.69) is 42.5 Å². The molecule has 0 saturated carbocycles. The highest BCUT2D eigenvalue weighted by Gasteiger charge is 2.52. The van der Waals surface area contributed by atoms with E-state index < -0.39 is 231 Å². The van der Waals surface area contributed by atoms with Gasteiger partial charge in [-0.1, -0.05) is 66.8 Å². The number of phenolic OH excluding ortho intramolecular Hbond substituents is 4. The van der Waals surface area contributed by atoms with Gasteiger partial charge in [0, 0.05) is 58.4 Å². The molecule has 22 N–H and O–H groups in total. The summed E-state index contributed by atoms with van der Waals surface area (Å²) in [6.07, 6.45) is -18.4. The van der Waals surface area contributed by atoms with Gasteiger partial charge in [0.15, 0.2) is 29.9 Å². The standard InChI is InChI=1S/C73H81Cl3N10O24/c1-27(2)14-40(79-5)65(97)85-56-58(92)30-7-12-45(38(75)17-30)106-47-19-32-20-48(62(47)110-72-63(109-51-24-73(4,78)64(96)28(3)105-51)61(95)60(94)49(108-72)26-80-25-33-15-34(74)9-11-42(33)88)107-46-13-8-31(18-39(46)76)59(93)57-70(102)84-55(71(103)104)37-21-35(87)22-44(90)52(37)36-16-29(6-10-43(36)89)53(67(99)86-57)83-68(100)54(32)82-66(98)41(23-50(77)91)81-69(56)101/h6-13,15-22,27-28,40-41,49,51,53-61,63-64,72,79-80,87-90,92-96H,14,23-26,78H2,1-5H3,(H2,77,91)(H,81,101)(H,82,98)(H,83,100)(H,84,102)(H,85,97)(H,86,99)(H,103,104)/t28?,40-,41+,49?,51?,53?,54-,55-,56-,57+,58-,59-,60?,61?,63?,64?,72?,73?/m1/s1. The summed E-state index contributed by atoms with van der Waals surface area (Å²) in [6, 6.07) is 3.61. The molecule has 7 aliphatic heterocycles. The van der Waals surface area contributed by atoms with Crippen LogP contribution >= 0.6 is 34.8 Å². The number of aliphatic carboxylic acids is 1. The summed E-state index contributed by atoms with van der Waals surface area (Å²) in [5, 5.41) is 136. The summed E-state index contributed by atoms with van der Waals surface area (Å²) >= 11 is 20.6. The first kappa shape index (κ1) is 81.1. The number of aliphatic hydroxyl groups excluding tert-OH is 5. The monoisotopic (exact) mass is 1590 g/mol. The SMILES string of the molecule is CN[C@H](CC(C)C)C(=O)N[C@H]1C(=O)N[C@@H](CC(N)=O)C(=O)N[C@H]2C(=O)NC3C(=O)N[C@H](C(=O)N[C@@H](C(=O)O)c4cc(O)cc(O)c4-c4cc3ccc4O)[C@H](O)c3ccc(c(Cl)c3)Oc3cc2cc(c3OC2OC(CNCc3cc(Cl)ccc3O)C(O)C(O)C2OC2CC(C)(N)C(O)C(C)O2)Oc2ccc(cc2Cl)[C@H]1O. The number of phenols is 4. The number of carbonyl (C=O) groups excluding carboxylic acids is 7. The summed E-state index contributed by atoms with van der Waals surface area (Å²) in [5.74, 6) is -16.2. The van der Waals surface area contributed by atoms with Gasteiger partial charge in [-0.2, -0.15) is 0 Å². The van der Waals surface area contributed by atoms with Crippen LogP contribution in [0.5, 0.6) is 51.7 Å². The maximum atomic E-state index is 16.2.